The first-order valence-electron chi connectivity index (χ1n) is 6.77. The molecule has 0 aliphatic carbocycles. The standard InChI is InChI=1S/C15H13N3O4S/c1-8-6-9(2)13-11(7-8)23-15(17(13)3)16-14(19)10-4-5-12(22-10)18(20)21/h4-7H,1-3H3. The molecule has 0 bridgehead atoms. The second-order valence-electron chi connectivity index (χ2n) is 5.18. The minimum absolute atomic E-state index is 0.151. The van der Waals surface area contributed by atoms with Gasteiger partial charge < -0.3 is 8.98 Å². The Balaban J connectivity index is 2.10. The average molecular weight is 331 g/mol. The number of furan rings is 1. The Morgan fingerprint density at radius 3 is 2.74 bits per heavy atom. The lowest BCUT2D eigenvalue weighted by Crippen LogP contribution is -2.13. The summed E-state index contributed by atoms with van der Waals surface area (Å²) in [4.78, 5) is 26.6. The number of hydrogen-bond donors (Lipinski definition) is 0. The number of thiazole rings is 1. The van der Waals surface area contributed by atoms with Crippen LogP contribution in [0.5, 0.6) is 0 Å². The van der Waals surface area contributed by atoms with E-state index < -0.39 is 16.7 Å². The molecule has 2 heterocycles. The molecule has 0 saturated carbocycles. The lowest BCUT2D eigenvalue weighted by molar-refractivity contribution is -0.402. The van der Waals surface area contributed by atoms with Gasteiger partial charge in [0, 0.05) is 7.05 Å². The van der Waals surface area contributed by atoms with Crippen LogP contribution in [0, 0.1) is 24.0 Å². The largest absolute Gasteiger partial charge is 0.433 e. The zero-order valence-electron chi connectivity index (χ0n) is 12.7. The van der Waals surface area contributed by atoms with Crippen LogP contribution >= 0.6 is 11.3 Å². The molecule has 0 aliphatic heterocycles. The Kier molecular flexibility index (Phi) is 3.61. The average Bonchev–Trinajstić information content (AvgIpc) is 3.05. The van der Waals surface area contributed by atoms with Gasteiger partial charge in [0.15, 0.2) is 4.80 Å². The van der Waals surface area contributed by atoms with Crippen molar-refractivity contribution in [3.63, 3.8) is 0 Å². The van der Waals surface area contributed by atoms with Crippen LogP contribution in [0.25, 0.3) is 10.2 Å². The van der Waals surface area contributed by atoms with Gasteiger partial charge in [-0.2, -0.15) is 4.99 Å². The second-order valence-corrected chi connectivity index (χ2v) is 6.19. The van der Waals surface area contributed by atoms with E-state index in [4.69, 9.17) is 4.42 Å². The summed E-state index contributed by atoms with van der Waals surface area (Å²) in [5.74, 6) is -1.27. The maximum atomic E-state index is 12.1. The fraction of sp³-hybridized carbons (Fsp3) is 0.200. The number of aromatic nitrogens is 1. The third-order valence-corrected chi connectivity index (χ3v) is 4.49. The van der Waals surface area contributed by atoms with Gasteiger partial charge >= 0.3 is 11.8 Å². The predicted octanol–water partition coefficient (Wildman–Crippen LogP) is 3.10. The van der Waals surface area contributed by atoms with E-state index in [0.29, 0.717) is 4.80 Å². The molecule has 0 fully saturated rings. The first-order chi connectivity index (χ1) is 10.9. The van der Waals surface area contributed by atoms with E-state index in [1.54, 1.807) is 0 Å². The fourth-order valence-electron chi connectivity index (χ4n) is 2.47. The summed E-state index contributed by atoms with van der Waals surface area (Å²) in [5, 5.41) is 10.6. The van der Waals surface area contributed by atoms with E-state index in [2.05, 4.69) is 11.1 Å². The number of nitro groups is 1. The van der Waals surface area contributed by atoms with Gasteiger partial charge in [0.1, 0.15) is 4.92 Å². The number of carbonyl (C=O) groups is 1. The van der Waals surface area contributed by atoms with Gasteiger partial charge in [0.2, 0.25) is 5.76 Å². The van der Waals surface area contributed by atoms with E-state index in [9.17, 15) is 14.9 Å². The number of aryl methyl sites for hydroxylation is 3. The summed E-state index contributed by atoms with van der Waals surface area (Å²) in [6.07, 6.45) is 0. The molecule has 0 atom stereocenters. The summed E-state index contributed by atoms with van der Waals surface area (Å²) < 4.78 is 7.76. The molecule has 2 aromatic heterocycles. The molecule has 1 amide bonds. The van der Waals surface area contributed by atoms with E-state index in [0.717, 1.165) is 27.4 Å². The van der Waals surface area contributed by atoms with Gasteiger partial charge in [-0.3, -0.25) is 14.9 Å². The number of fused-ring (bicyclic) bond motifs is 1. The van der Waals surface area contributed by atoms with E-state index in [1.807, 2.05) is 31.5 Å². The molecular formula is C15H13N3O4S. The quantitative estimate of drug-likeness (QED) is 0.533. The normalized spacial score (nSPS) is 12.0. The molecule has 0 N–H and O–H groups in total. The molecule has 3 aromatic rings. The second kappa shape index (κ2) is 5.47. The third-order valence-electron chi connectivity index (χ3n) is 3.41. The molecule has 0 radical (unpaired) electrons. The maximum absolute atomic E-state index is 12.1. The van der Waals surface area contributed by atoms with Gasteiger partial charge in [-0.05, 0) is 37.1 Å². The molecule has 0 unspecified atom stereocenters. The van der Waals surface area contributed by atoms with Crippen LogP contribution < -0.4 is 4.80 Å². The van der Waals surface area contributed by atoms with Crippen LogP contribution in [0.1, 0.15) is 21.7 Å². The van der Waals surface area contributed by atoms with Crippen molar-refractivity contribution in [3.05, 3.63) is 56.1 Å². The molecule has 0 saturated heterocycles. The van der Waals surface area contributed by atoms with Crippen molar-refractivity contribution >= 4 is 33.3 Å². The minimum atomic E-state index is -0.692. The molecule has 0 aliphatic rings. The van der Waals surface area contributed by atoms with Gasteiger partial charge in [0.05, 0.1) is 16.3 Å². The van der Waals surface area contributed by atoms with Crippen LogP contribution in [0.3, 0.4) is 0 Å². The van der Waals surface area contributed by atoms with Gasteiger partial charge in [-0.15, -0.1) is 0 Å². The van der Waals surface area contributed by atoms with Crippen molar-refractivity contribution in [2.45, 2.75) is 13.8 Å². The SMILES string of the molecule is Cc1cc(C)c2c(c1)sc(=NC(=O)c1ccc([N+](=O)[O-])o1)n2C. The molecule has 8 heteroatoms. The highest BCUT2D eigenvalue weighted by molar-refractivity contribution is 7.16. The van der Waals surface area contributed by atoms with Crippen LogP contribution in [0.2, 0.25) is 0 Å². The Hall–Kier alpha value is -2.74. The van der Waals surface area contributed by atoms with Crippen molar-refractivity contribution in [1.29, 1.82) is 0 Å². The van der Waals surface area contributed by atoms with Crippen molar-refractivity contribution in [2.75, 3.05) is 0 Å². The Bertz CT molecular complexity index is 1010. The summed E-state index contributed by atoms with van der Waals surface area (Å²) in [6.45, 7) is 4.01. The Labute approximate surface area is 134 Å². The van der Waals surface area contributed by atoms with Gasteiger partial charge in [0.25, 0.3) is 0 Å². The number of nitrogens with zero attached hydrogens (tertiary/aromatic N) is 3. The summed E-state index contributed by atoms with van der Waals surface area (Å²) in [5.41, 5.74) is 3.25. The summed E-state index contributed by atoms with van der Waals surface area (Å²) in [6, 6.07) is 6.50. The number of hydrogen-bond acceptors (Lipinski definition) is 5. The van der Waals surface area contributed by atoms with Crippen LogP contribution in [0.4, 0.5) is 5.88 Å². The van der Waals surface area contributed by atoms with Crippen LogP contribution in [0.15, 0.2) is 33.7 Å². The van der Waals surface area contributed by atoms with E-state index in [1.165, 1.54) is 17.4 Å². The molecule has 3 rings (SSSR count). The van der Waals surface area contributed by atoms with Gasteiger partial charge in [-0.1, -0.05) is 17.4 Å². The predicted molar refractivity (Wildman–Crippen MR) is 85.5 cm³/mol. The highest BCUT2D eigenvalue weighted by Gasteiger charge is 2.17. The molecule has 0 spiro atoms. The molecule has 1 aromatic carbocycles. The summed E-state index contributed by atoms with van der Waals surface area (Å²) in [7, 11) is 1.83. The Morgan fingerprint density at radius 1 is 1.35 bits per heavy atom. The minimum Gasteiger partial charge on any atom is -0.395 e. The van der Waals surface area contributed by atoms with Crippen molar-refractivity contribution < 1.29 is 14.1 Å². The van der Waals surface area contributed by atoms with Crippen LogP contribution in [-0.2, 0) is 7.05 Å². The molecular weight excluding hydrogens is 318 g/mol. The first kappa shape index (κ1) is 15.2. The maximum Gasteiger partial charge on any atom is 0.433 e. The lowest BCUT2D eigenvalue weighted by Gasteiger charge is -2.01. The zero-order chi connectivity index (χ0) is 16.7. The number of carbonyl (C=O) groups excluding carboxylic acids is 1. The molecule has 23 heavy (non-hydrogen) atoms. The first-order valence-corrected chi connectivity index (χ1v) is 7.58. The Morgan fingerprint density at radius 2 is 2.09 bits per heavy atom. The smallest absolute Gasteiger partial charge is 0.395 e. The number of rotatable bonds is 2. The van der Waals surface area contributed by atoms with E-state index >= 15 is 0 Å². The number of benzene rings is 1. The van der Waals surface area contributed by atoms with Crippen LogP contribution in [-0.4, -0.2) is 15.4 Å². The third kappa shape index (κ3) is 2.68. The van der Waals surface area contributed by atoms with Crippen molar-refractivity contribution in [3.8, 4) is 0 Å². The topological polar surface area (TPSA) is 90.6 Å². The van der Waals surface area contributed by atoms with Gasteiger partial charge in [-0.25, -0.2) is 0 Å². The monoisotopic (exact) mass is 331 g/mol. The molecule has 118 valence electrons. The molecule has 7 nitrogen and oxygen atoms in total. The summed E-state index contributed by atoms with van der Waals surface area (Å²) >= 11 is 1.39. The highest BCUT2D eigenvalue weighted by Crippen LogP contribution is 2.22. The van der Waals surface area contributed by atoms with Crippen molar-refractivity contribution in [2.24, 2.45) is 12.0 Å². The van der Waals surface area contributed by atoms with Crippen molar-refractivity contribution in [1.82, 2.24) is 4.57 Å². The zero-order valence-corrected chi connectivity index (χ0v) is 13.5. The fourth-order valence-corrected chi connectivity index (χ4v) is 3.66. The number of amides is 1. The lowest BCUT2D eigenvalue weighted by atomic mass is 10.1. The highest BCUT2D eigenvalue weighted by atomic mass is 32.1. The van der Waals surface area contributed by atoms with E-state index in [-0.39, 0.29) is 5.76 Å².